The fraction of sp³-hybridized carbons (Fsp3) is 0.438. The van der Waals surface area contributed by atoms with E-state index in [9.17, 15) is 0 Å². The summed E-state index contributed by atoms with van der Waals surface area (Å²) in [5.41, 5.74) is 9.59. The Balaban J connectivity index is 2.07. The van der Waals surface area contributed by atoms with E-state index in [2.05, 4.69) is 24.0 Å². The predicted octanol–water partition coefficient (Wildman–Crippen LogP) is 2.75. The first-order valence-corrected chi connectivity index (χ1v) is 7.08. The molecule has 0 aliphatic rings. The maximum atomic E-state index is 5.91. The Morgan fingerprint density at radius 2 is 1.85 bits per heavy atom. The third-order valence-corrected chi connectivity index (χ3v) is 3.63. The highest BCUT2D eigenvalue weighted by atomic mass is 16.5. The van der Waals surface area contributed by atoms with Gasteiger partial charge < -0.3 is 15.0 Å². The van der Waals surface area contributed by atoms with Gasteiger partial charge in [-0.05, 0) is 37.0 Å². The molecule has 2 rings (SSSR count). The van der Waals surface area contributed by atoms with Crippen LogP contribution in [0, 0.1) is 0 Å². The van der Waals surface area contributed by atoms with Gasteiger partial charge in [0.15, 0.2) is 5.95 Å². The molecule has 0 radical (unpaired) electrons. The van der Waals surface area contributed by atoms with Crippen LogP contribution in [0.2, 0.25) is 0 Å². The second-order valence-electron chi connectivity index (χ2n) is 5.02. The Hall–Kier alpha value is -1.97. The lowest BCUT2D eigenvalue weighted by Crippen LogP contribution is -2.02. The highest BCUT2D eigenvalue weighted by molar-refractivity contribution is 5.31. The van der Waals surface area contributed by atoms with Crippen molar-refractivity contribution in [2.75, 3.05) is 12.8 Å². The first-order valence-electron chi connectivity index (χ1n) is 7.08. The van der Waals surface area contributed by atoms with Crippen LogP contribution in [0.5, 0.6) is 5.75 Å². The molecule has 0 unspecified atom stereocenters. The monoisotopic (exact) mass is 273 g/mol. The van der Waals surface area contributed by atoms with Crippen LogP contribution in [-0.2, 0) is 26.3 Å². The fourth-order valence-electron chi connectivity index (χ4n) is 2.41. The summed E-state index contributed by atoms with van der Waals surface area (Å²) < 4.78 is 7.18. The lowest BCUT2D eigenvalue weighted by atomic mass is 10.1. The number of ether oxygens (including phenoxy) is 1. The van der Waals surface area contributed by atoms with E-state index in [0.29, 0.717) is 5.95 Å². The molecular formula is C16H23N3O. The molecule has 4 heteroatoms. The van der Waals surface area contributed by atoms with Crippen LogP contribution in [0.3, 0.4) is 0 Å². The molecule has 0 spiro atoms. The molecule has 0 fully saturated rings. The van der Waals surface area contributed by atoms with Gasteiger partial charge in [0.25, 0.3) is 0 Å². The summed E-state index contributed by atoms with van der Waals surface area (Å²) in [5.74, 6) is 1.50. The molecule has 2 aromatic rings. The number of rotatable bonds is 6. The van der Waals surface area contributed by atoms with Gasteiger partial charge >= 0.3 is 0 Å². The molecule has 2 N–H and O–H groups in total. The molecule has 4 nitrogen and oxygen atoms in total. The summed E-state index contributed by atoms with van der Waals surface area (Å²) >= 11 is 0. The van der Waals surface area contributed by atoms with Gasteiger partial charge in [0.05, 0.1) is 12.8 Å². The second kappa shape index (κ2) is 6.46. The van der Waals surface area contributed by atoms with E-state index in [1.165, 1.54) is 11.3 Å². The third kappa shape index (κ3) is 3.13. The molecule has 0 amide bonds. The minimum absolute atomic E-state index is 0.609. The van der Waals surface area contributed by atoms with Crippen molar-refractivity contribution in [1.82, 2.24) is 9.55 Å². The Kier molecular flexibility index (Phi) is 4.66. The van der Waals surface area contributed by atoms with Crippen LogP contribution in [0.15, 0.2) is 24.3 Å². The molecule has 0 saturated heterocycles. The number of nitrogens with two attached hydrogens (primary N) is 1. The maximum absolute atomic E-state index is 5.91. The van der Waals surface area contributed by atoms with Crippen LogP contribution in [0.25, 0.3) is 0 Å². The quantitative estimate of drug-likeness (QED) is 0.880. The van der Waals surface area contributed by atoms with E-state index in [4.69, 9.17) is 10.5 Å². The minimum atomic E-state index is 0.609. The summed E-state index contributed by atoms with van der Waals surface area (Å²) in [6.07, 6.45) is 4.02. The summed E-state index contributed by atoms with van der Waals surface area (Å²) in [5, 5.41) is 0. The van der Waals surface area contributed by atoms with Gasteiger partial charge in [-0.25, -0.2) is 4.98 Å². The topological polar surface area (TPSA) is 53.1 Å². The van der Waals surface area contributed by atoms with Crippen LogP contribution in [-0.4, -0.2) is 16.7 Å². The Labute approximate surface area is 120 Å². The first-order chi connectivity index (χ1) is 9.65. The van der Waals surface area contributed by atoms with Crippen molar-refractivity contribution >= 4 is 5.95 Å². The van der Waals surface area contributed by atoms with Gasteiger partial charge in [0.2, 0.25) is 0 Å². The average molecular weight is 273 g/mol. The molecular weight excluding hydrogens is 250 g/mol. The largest absolute Gasteiger partial charge is 0.497 e. The summed E-state index contributed by atoms with van der Waals surface area (Å²) in [6, 6.07) is 8.19. The average Bonchev–Trinajstić information content (AvgIpc) is 2.74. The number of aryl methyl sites for hydroxylation is 2. The molecule has 0 aliphatic heterocycles. The number of aromatic nitrogens is 2. The smallest absolute Gasteiger partial charge is 0.200 e. The lowest BCUT2D eigenvalue weighted by Gasteiger charge is -2.06. The number of nitrogen functional groups attached to an aromatic ring is 1. The number of hydrogen-bond donors (Lipinski definition) is 1. The van der Waals surface area contributed by atoms with E-state index in [0.717, 1.165) is 37.1 Å². The zero-order valence-electron chi connectivity index (χ0n) is 12.5. The van der Waals surface area contributed by atoms with Crippen LogP contribution in [0.1, 0.15) is 30.3 Å². The molecule has 108 valence electrons. The Bertz CT molecular complexity index is 558. The van der Waals surface area contributed by atoms with Gasteiger partial charge in [0.1, 0.15) is 5.75 Å². The zero-order chi connectivity index (χ0) is 14.5. The van der Waals surface area contributed by atoms with E-state index in [1.54, 1.807) is 7.11 Å². The molecule has 0 atom stereocenters. The fourth-order valence-corrected chi connectivity index (χ4v) is 2.41. The molecule has 0 bridgehead atoms. The van der Waals surface area contributed by atoms with Gasteiger partial charge in [-0.3, -0.25) is 0 Å². The van der Waals surface area contributed by atoms with E-state index in [-0.39, 0.29) is 0 Å². The first kappa shape index (κ1) is 14.4. The number of nitrogens with zero attached hydrogens (tertiary/aromatic N) is 2. The molecule has 0 saturated carbocycles. The van der Waals surface area contributed by atoms with Crippen molar-refractivity contribution in [3.05, 3.63) is 41.2 Å². The number of methoxy groups -OCH3 is 1. The van der Waals surface area contributed by atoms with E-state index >= 15 is 0 Å². The third-order valence-electron chi connectivity index (χ3n) is 3.63. The Morgan fingerprint density at radius 3 is 2.45 bits per heavy atom. The minimum Gasteiger partial charge on any atom is -0.497 e. The molecule has 1 aromatic carbocycles. The van der Waals surface area contributed by atoms with Crippen LogP contribution >= 0.6 is 0 Å². The normalized spacial score (nSPS) is 10.8. The van der Waals surface area contributed by atoms with E-state index < -0.39 is 0 Å². The van der Waals surface area contributed by atoms with Crippen LogP contribution < -0.4 is 10.5 Å². The predicted molar refractivity (Wildman–Crippen MR) is 82.0 cm³/mol. The van der Waals surface area contributed by atoms with Gasteiger partial charge in [0, 0.05) is 12.7 Å². The SMILES string of the molecule is CCCc1c(CCc2ccc(OC)cc2)nc(N)n1C. The second-order valence-corrected chi connectivity index (χ2v) is 5.02. The summed E-state index contributed by atoms with van der Waals surface area (Å²) in [7, 11) is 3.67. The van der Waals surface area contributed by atoms with Gasteiger partial charge in [-0.1, -0.05) is 25.5 Å². The number of benzene rings is 1. The number of hydrogen-bond acceptors (Lipinski definition) is 3. The van der Waals surface area contributed by atoms with Crippen molar-refractivity contribution < 1.29 is 4.74 Å². The van der Waals surface area contributed by atoms with Crippen molar-refractivity contribution in [1.29, 1.82) is 0 Å². The standard InChI is InChI=1S/C16H23N3O/c1-4-5-15-14(18-16(17)19(15)2)11-8-12-6-9-13(20-3)10-7-12/h6-7,9-10H,4-5,8,11H2,1-3H3,(H2,17,18). The zero-order valence-corrected chi connectivity index (χ0v) is 12.5. The highest BCUT2D eigenvalue weighted by Gasteiger charge is 2.11. The maximum Gasteiger partial charge on any atom is 0.200 e. The lowest BCUT2D eigenvalue weighted by molar-refractivity contribution is 0.414. The van der Waals surface area contributed by atoms with Crippen molar-refractivity contribution in [3.63, 3.8) is 0 Å². The van der Waals surface area contributed by atoms with Gasteiger partial charge in [-0.2, -0.15) is 0 Å². The Morgan fingerprint density at radius 1 is 1.15 bits per heavy atom. The van der Waals surface area contributed by atoms with Crippen molar-refractivity contribution in [2.24, 2.45) is 7.05 Å². The molecule has 1 heterocycles. The van der Waals surface area contributed by atoms with Crippen molar-refractivity contribution in [3.8, 4) is 5.75 Å². The van der Waals surface area contributed by atoms with Crippen molar-refractivity contribution in [2.45, 2.75) is 32.6 Å². The number of imidazole rings is 1. The van der Waals surface area contributed by atoms with Gasteiger partial charge in [-0.15, -0.1) is 0 Å². The molecule has 1 aromatic heterocycles. The molecule has 0 aliphatic carbocycles. The summed E-state index contributed by atoms with van der Waals surface area (Å²) in [4.78, 5) is 4.49. The number of anilines is 1. The summed E-state index contributed by atoms with van der Waals surface area (Å²) in [6.45, 7) is 2.18. The van der Waals surface area contributed by atoms with Crippen LogP contribution in [0.4, 0.5) is 5.95 Å². The molecule has 20 heavy (non-hydrogen) atoms. The van der Waals surface area contributed by atoms with E-state index in [1.807, 2.05) is 23.7 Å². The highest BCUT2D eigenvalue weighted by Crippen LogP contribution is 2.18.